The summed E-state index contributed by atoms with van der Waals surface area (Å²) in [5, 5.41) is 21.6. The number of hydrogen-bond donors (Lipinski definition) is 3. The molecule has 8 nitrogen and oxygen atoms in total. The van der Waals surface area contributed by atoms with Crippen molar-refractivity contribution >= 4 is 17.6 Å². The maximum atomic E-state index is 11.6. The Morgan fingerprint density at radius 1 is 1.61 bits per heavy atom. The highest BCUT2D eigenvalue weighted by Gasteiger charge is 2.18. The molecule has 0 fully saturated rings. The van der Waals surface area contributed by atoms with Crippen LogP contribution in [-0.2, 0) is 4.79 Å². The third kappa shape index (κ3) is 3.30. The van der Waals surface area contributed by atoms with E-state index < -0.39 is 22.7 Å². The molecule has 0 aliphatic carbocycles. The SMILES string of the molecule is CCC(CNC(=O)c1cc([N+](=O)[O-])c[nH]1)C(=O)O. The summed E-state index contributed by atoms with van der Waals surface area (Å²) in [5.41, 5.74) is -0.188. The molecule has 1 atom stereocenters. The molecule has 0 saturated carbocycles. The quantitative estimate of drug-likeness (QED) is 0.511. The van der Waals surface area contributed by atoms with E-state index in [4.69, 9.17) is 5.11 Å². The highest BCUT2D eigenvalue weighted by atomic mass is 16.6. The Bertz CT molecular complexity index is 468. The van der Waals surface area contributed by atoms with Gasteiger partial charge in [-0.25, -0.2) is 0 Å². The molecule has 98 valence electrons. The molecule has 0 radical (unpaired) electrons. The van der Waals surface area contributed by atoms with Gasteiger partial charge in [-0.3, -0.25) is 19.7 Å². The Morgan fingerprint density at radius 3 is 2.72 bits per heavy atom. The minimum Gasteiger partial charge on any atom is -0.481 e. The summed E-state index contributed by atoms with van der Waals surface area (Å²) in [6.45, 7) is 1.68. The fourth-order valence-corrected chi connectivity index (χ4v) is 1.34. The fraction of sp³-hybridized carbons (Fsp3) is 0.400. The average Bonchev–Trinajstić information content (AvgIpc) is 2.78. The fourth-order valence-electron chi connectivity index (χ4n) is 1.34. The average molecular weight is 255 g/mol. The third-order valence-corrected chi connectivity index (χ3v) is 2.47. The number of rotatable bonds is 6. The van der Waals surface area contributed by atoms with Crippen LogP contribution in [0.15, 0.2) is 12.3 Å². The number of carboxylic acids is 1. The number of nitrogens with zero attached hydrogens (tertiary/aromatic N) is 1. The second-order valence-electron chi connectivity index (χ2n) is 3.68. The zero-order valence-corrected chi connectivity index (χ0v) is 9.67. The van der Waals surface area contributed by atoms with Crippen molar-refractivity contribution in [2.75, 3.05) is 6.54 Å². The molecule has 18 heavy (non-hydrogen) atoms. The van der Waals surface area contributed by atoms with E-state index in [-0.39, 0.29) is 17.9 Å². The summed E-state index contributed by atoms with van der Waals surface area (Å²) in [7, 11) is 0. The van der Waals surface area contributed by atoms with Crippen LogP contribution in [-0.4, -0.2) is 33.4 Å². The van der Waals surface area contributed by atoms with E-state index in [2.05, 4.69) is 10.3 Å². The Hall–Kier alpha value is -2.38. The summed E-state index contributed by atoms with van der Waals surface area (Å²) < 4.78 is 0. The van der Waals surface area contributed by atoms with Crippen LogP contribution in [0.5, 0.6) is 0 Å². The lowest BCUT2D eigenvalue weighted by Crippen LogP contribution is -2.32. The van der Waals surface area contributed by atoms with E-state index in [0.717, 1.165) is 12.3 Å². The number of aliphatic carboxylic acids is 1. The molecule has 1 rings (SSSR count). The molecule has 0 bridgehead atoms. The second-order valence-corrected chi connectivity index (χ2v) is 3.68. The van der Waals surface area contributed by atoms with Gasteiger partial charge in [0.15, 0.2) is 0 Å². The van der Waals surface area contributed by atoms with Gasteiger partial charge >= 0.3 is 5.97 Å². The first-order chi connectivity index (χ1) is 8.45. The summed E-state index contributed by atoms with van der Waals surface area (Å²) >= 11 is 0. The summed E-state index contributed by atoms with van der Waals surface area (Å²) in [6.07, 6.45) is 1.49. The molecule has 1 aromatic rings. The van der Waals surface area contributed by atoms with Gasteiger partial charge in [0.2, 0.25) is 0 Å². The summed E-state index contributed by atoms with van der Waals surface area (Å²) in [5.74, 6) is -2.23. The van der Waals surface area contributed by atoms with Gasteiger partial charge in [-0.2, -0.15) is 0 Å². The lowest BCUT2D eigenvalue weighted by atomic mass is 10.1. The Morgan fingerprint density at radius 2 is 2.28 bits per heavy atom. The van der Waals surface area contributed by atoms with Gasteiger partial charge in [-0.05, 0) is 6.42 Å². The van der Waals surface area contributed by atoms with Crippen molar-refractivity contribution in [3.63, 3.8) is 0 Å². The predicted molar refractivity (Wildman–Crippen MR) is 61.2 cm³/mol. The van der Waals surface area contributed by atoms with Gasteiger partial charge in [0.25, 0.3) is 11.6 Å². The van der Waals surface area contributed by atoms with Crippen LogP contribution in [0.2, 0.25) is 0 Å². The summed E-state index contributed by atoms with van der Waals surface area (Å²) in [4.78, 5) is 34.5. The molecule has 1 unspecified atom stereocenters. The number of aromatic nitrogens is 1. The lowest BCUT2D eigenvalue weighted by molar-refractivity contribution is -0.384. The van der Waals surface area contributed by atoms with Gasteiger partial charge in [0.1, 0.15) is 5.69 Å². The van der Waals surface area contributed by atoms with Crippen LogP contribution >= 0.6 is 0 Å². The highest BCUT2D eigenvalue weighted by molar-refractivity contribution is 5.93. The topological polar surface area (TPSA) is 125 Å². The van der Waals surface area contributed by atoms with Gasteiger partial charge < -0.3 is 15.4 Å². The first-order valence-electron chi connectivity index (χ1n) is 5.29. The minimum atomic E-state index is -0.990. The van der Waals surface area contributed by atoms with E-state index in [9.17, 15) is 19.7 Å². The van der Waals surface area contributed by atoms with Crippen molar-refractivity contribution in [3.05, 3.63) is 28.1 Å². The van der Waals surface area contributed by atoms with Crippen molar-refractivity contribution in [1.82, 2.24) is 10.3 Å². The zero-order chi connectivity index (χ0) is 13.7. The lowest BCUT2D eigenvalue weighted by Gasteiger charge is -2.10. The molecular weight excluding hydrogens is 242 g/mol. The molecule has 3 N–H and O–H groups in total. The normalized spacial score (nSPS) is 11.8. The highest BCUT2D eigenvalue weighted by Crippen LogP contribution is 2.12. The van der Waals surface area contributed by atoms with E-state index >= 15 is 0 Å². The molecule has 0 saturated heterocycles. The van der Waals surface area contributed by atoms with Crippen molar-refractivity contribution in [2.45, 2.75) is 13.3 Å². The van der Waals surface area contributed by atoms with Crippen LogP contribution in [0.4, 0.5) is 5.69 Å². The number of nitrogens with one attached hydrogen (secondary N) is 2. The van der Waals surface area contributed by atoms with E-state index in [0.29, 0.717) is 6.42 Å². The number of nitro groups is 1. The van der Waals surface area contributed by atoms with Crippen molar-refractivity contribution in [2.24, 2.45) is 5.92 Å². The molecule has 1 amide bonds. The van der Waals surface area contributed by atoms with E-state index in [1.54, 1.807) is 6.92 Å². The maximum absolute atomic E-state index is 11.6. The molecule has 0 spiro atoms. The number of aromatic amines is 1. The van der Waals surface area contributed by atoms with Crippen molar-refractivity contribution in [1.29, 1.82) is 0 Å². The number of carboxylic acid groups (broad SMARTS) is 1. The van der Waals surface area contributed by atoms with Crippen molar-refractivity contribution in [3.8, 4) is 0 Å². The van der Waals surface area contributed by atoms with Gasteiger partial charge in [-0.15, -0.1) is 0 Å². The standard InChI is InChI=1S/C10H13N3O5/c1-2-6(10(15)16)4-12-9(14)8-3-7(5-11-8)13(17)18/h3,5-6,11H,2,4H2,1H3,(H,12,14)(H,15,16). The van der Waals surface area contributed by atoms with Gasteiger partial charge in [0, 0.05) is 12.6 Å². The molecule has 1 aromatic heterocycles. The molecule has 0 aromatic carbocycles. The van der Waals surface area contributed by atoms with Crippen LogP contribution in [0.3, 0.4) is 0 Å². The van der Waals surface area contributed by atoms with E-state index in [1.165, 1.54) is 0 Å². The Labute approximate surface area is 102 Å². The maximum Gasteiger partial charge on any atom is 0.308 e. The van der Waals surface area contributed by atoms with Crippen LogP contribution in [0.1, 0.15) is 23.8 Å². The molecular formula is C10H13N3O5. The van der Waals surface area contributed by atoms with E-state index in [1.807, 2.05) is 0 Å². The minimum absolute atomic E-state index is 0.0164. The zero-order valence-electron chi connectivity index (χ0n) is 9.67. The number of amides is 1. The number of hydrogen-bond acceptors (Lipinski definition) is 4. The van der Waals surface area contributed by atoms with Crippen molar-refractivity contribution < 1.29 is 19.6 Å². The van der Waals surface area contributed by atoms with Crippen LogP contribution < -0.4 is 5.32 Å². The predicted octanol–water partition coefficient (Wildman–Crippen LogP) is 0.763. The number of carbonyl (C=O) groups is 2. The van der Waals surface area contributed by atoms with Crippen LogP contribution in [0, 0.1) is 16.0 Å². The summed E-state index contributed by atoms with van der Waals surface area (Å²) in [6, 6.07) is 1.09. The third-order valence-electron chi connectivity index (χ3n) is 2.47. The first kappa shape index (κ1) is 13.7. The first-order valence-corrected chi connectivity index (χ1v) is 5.29. The number of H-pyrrole nitrogens is 1. The Balaban J connectivity index is 2.59. The Kier molecular flexibility index (Phi) is 4.41. The molecule has 8 heteroatoms. The van der Waals surface area contributed by atoms with Gasteiger partial charge in [0.05, 0.1) is 17.0 Å². The number of carbonyl (C=O) groups excluding carboxylic acids is 1. The molecule has 0 aliphatic heterocycles. The second kappa shape index (κ2) is 5.80. The molecule has 0 aliphatic rings. The van der Waals surface area contributed by atoms with Crippen LogP contribution in [0.25, 0.3) is 0 Å². The smallest absolute Gasteiger partial charge is 0.308 e. The monoisotopic (exact) mass is 255 g/mol. The molecule has 1 heterocycles. The largest absolute Gasteiger partial charge is 0.481 e. The van der Waals surface area contributed by atoms with Gasteiger partial charge in [-0.1, -0.05) is 6.92 Å².